The molecule has 1 aromatic rings. The van der Waals surface area contributed by atoms with Crippen molar-refractivity contribution >= 4 is 17.7 Å². The van der Waals surface area contributed by atoms with Crippen molar-refractivity contribution in [1.29, 1.82) is 0 Å². The van der Waals surface area contributed by atoms with E-state index in [1.165, 1.54) is 0 Å². The van der Waals surface area contributed by atoms with Crippen molar-refractivity contribution in [2.75, 3.05) is 13.2 Å². The molecule has 1 rings (SSSR count). The van der Waals surface area contributed by atoms with Crippen LogP contribution in [0, 0.1) is 0 Å². The molecule has 0 amide bonds. The first-order chi connectivity index (χ1) is 9.11. The van der Waals surface area contributed by atoms with E-state index in [0.29, 0.717) is 5.56 Å². The van der Waals surface area contributed by atoms with E-state index in [9.17, 15) is 14.4 Å². The number of ketones is 1. The predicted octanol–water partition coefficient (Wildman–Crippen LogP) is -1.42. The van der Waals surface area contributed by atoms with Crippen LogP contribution in [-0.4, -0.2) is 30.9 Å². The molecule has 20 heavy (non-hydrogen) atoms. The smallest absolute Gasteiger partial charge is 1.00 e. The summed E-state index contributed by atoms with van der Waals surface area (Å²) in [5.74, 6) is -3.94. The van der Waals surface area contributed by atoms with Crippen LogP contribution >= 0.6 is 0 Å². The van der Waals surface area contributed by atoms with Gasteiger partial charge in [0.1, 0.15) is 0 Å². The molecule has 0 radical (unpaired) electrons. The summed E-state index contributed by atoms with van der Waals surface area (Å²) in [7, 11) is 0. The Morgan fingerprint density at radius 2 is 1.60 bits per heavy atom. The zero-order valence-electron chi connectivity index (χ0n) is 12.9. The number of benzene rings is 1. The predicted molar refractivity (Wildman–Crippen MR) is 68.6 cm³/mol. The second kappa shape index (κ2) is 9.69. The van der Waals surface area contributed by atoms with Crippen LogP contribution in [0.3, 0.4) is 0 Å². The average Bonchev–Trinajstić information content (AvgIpc) is 2.40. The molecule has 0 bridgehead atoms. The minimum Gasteiger partial charge on any atom is -1.00 e. The summed E-state index contributed by atoms with van der Waals surface area (Å²) < 4.78 is 9.48. The summed E-state index contributed by atoms with van der Waals surface area (Å²) in [6.45, 7) is 3.44. The summed E-state index contributed by atoms with van der Waals surface area (Å²) in [4.78, 5) is 35.3. The van der Waals surface area contributed by atoms with Gasteiger partial charge in [-0.1, -0.05) is 30.3 Å². The molecule has 1 atom stereocenters. The van der Waals surface area contributed by atoms with Crippen molar-refractivity contribution in [3.05, 3.63) is 35.9 Å². The molecule has 5 nitrogen and oxygen atoms in total. The molecule has 0 saturated heterocycles. The van der Waals surface area contributed by atoms with Gasteiger partial charge < -0.3 is 10.9 Å². The van der Waals surface area contributed by atoms with E-state index in [2.05, 4.69) is 4.74 Å². The number of carbonyl (C=O) groups excluding carboxylic acids is 3. The van der Waals surface area contributed by atoms with Crippen molar-refractivity contribution < 1.29 is 54.8 Å². The van der Waals surface area contributed by atoms with E-state index < -0.39 is 23.6 Å². The zero-order chi connectivity index (χ0) is 14.3. The first kappa shape index (κ1) is 18.8. The summed E-state index contributed by atoms with van der Waals surface area (Å²) in [6, 6.07) is 8.30. The van der Waals surface area contributed by atoms with E-state index in [0.717, 1.165) is 0 Å². The quantitative estimate of drug-likeness (QED) is 0.278. The third-order valence-corrected chi connectivity index (χ3v) is 2.39. The average molecular weight is 288 g/mol. The van der Waals surface area contributed by atoms with Crippen LogP contribution in [-0.2, 0) is 23.9 Å². The van der Waals surface area contributed by atoms with Crippen LogP contribution in [0.2, 0.25) is 0 Å². The number of ether oxygens (including phenoxy) is 2. The maximum absolute atomic E-state index is 12.0. The van der Waals surface area contributed by atoms with E-state index in [4.69, 9.17) is 4.74 Å². The molecule has 0 aliphatic heterocycles. The minimum atomic E-state index is -1.26. The first-order valence-corrected chi connectivity index (χ1v) is 6.04. The van der Waals surface area contributed by atoms with Crippen LogP contribution in [0.25, 0.3) is 0 Å². The first-order valence-electron chi connectivity index (χ1n) is 6.04. The Labute approximate surface area is 141 Å². The van der Waals surface area contributed by atoms with Crippen LogP contribution in [0.5, 0.6) is 0 Å². The van der Waals surface area contributed by atoms with Gasteiger partial charge in [-0.05, 0) is 19.4 Å². The summed E-state index contributed by atoms with van der Waals surface area (Å²) in [5.41, 5.74) is 0.416. The van der Waals surface area contributed by atoms with Gasteiger partial charge >= 0.3 is 41.5 Å². The minimum absolute atomic E-state index is 0. The summed E-state index contributed by atoms with van der Waals surface area (Å²) >= 11 is 0. The Morgan fingerprint density at radius 3 is 2.10 bits per heavy atom. The van der Waals surface area contributed by atoms with Gasteiger partial charge in [0, 0.05) is 0 Å². The van der Waals surface area contributed by atoms with Crippen molar-refractivity contribution in [3.63, 3.8) is 0 Å². The third-order valence-electron chi connectivity index (χ3n) is 2.39. The largest absolute Gasteiger partial charge is 1.00 e. The van der Waals surface area contributed by atoms with Crippen molar-refractivity contribution in [2.24, 2.45) is 0 Å². The molecule has 0 aromatic heterocycles. The van der Waals surface area contributed by atoms with Gasteiger partial charge in [0.2, 0.25) is 0 Å². The fourth-order valence-electron chi connectivity index (χ4n) is 1.59. The number of esters is 2. The molecule has 0 aliphatic rings. The second-order valence-corrected chi connectivity index (χ2v) is 3.68. The van der Waals surface area contributed by atoms with Gasteiger partial charge in [0.25, 0.3) is 5.78 Å². The standard InChI is InChI=1S/C14H16O5.Na.H/c1-3-18-13(16)11(10-8-6-5-7-9-10)12(15)14(17)19-4-2;;/h5-9,11H,3-4H2,1-2H3;;/q;+1;-1. The summed E-state index contributed by atoms with van der Waals surface area (Å²) in [5, 5.41) is 0. The van der Waals surface area contributed by atoms with Gasteiger partial charge in [-0.3, -0.25) is 9.59 Å². The Balaban J connectivity index is 0. The van der Waals surface area contributed by atoms with Crippen LogP contribution in [0.1, 0.15) is 26.8 Å². The fraction of sp³-hybridized carbons (Fsp3) is 0.357. The Morgan fingerprint density at radius 1 is 1.05 bits per heavy atom. The van der Waals surface area contributed by atoms with Crippen molar-refractivity contribution in [1.82, 2.24) is 0 Å². The summed E-state index contributed by atoms with van der Waals surface area (Å²) in [6.07, 6.45) is 0. The molecule has 0 spiro atoms. The maximum Gasteiger partial charge on any atom is 1.00 e. The van der Waals surface area contributed by atoms with E-state index in [1.54, 1.807) is 44.2 Å². The zero-order valence-corrected chi connectivity index (χ0v) is 13.9. The molecule has 0 N–H and O–H groups in total. The molecule has 0 saturated carbocycles. The van der Waals surface area contributed by atoms with Crippen molar-refractivity contribution in [2.45, 2.75) is 19.8 Å². The van der Waals surface area contributed by atoms with Crippen LogP contribution < -0.4 is 29.6 Å². The molecule has 1 unspecified atom stereocenters. The Hall–Kier alpha value is -1.17. The molecule has 0 aliphatic carbocycles. The van der Waals surface area contributed by atoms with Crippen molar-refractivity contribution in [3.8, 4) is 0 Å². The topological polar surface area (TPSA) is 69.7 Å². The third kappa shape index (κ3) is 5.07. The number of Topliss-reactive ketones (excluding diaryl/α,β-unsaturated/α-hetero) is 1. The molecule has 104 valence electrons. The molecule has 1 aromatic carbocycles. The monoisotopic (exact) mass is 288 g/mol. The van der Waals surface area contributed by atoms with Gasteiger partial charge in [0.15, 0.2) is 5.92 Å². The maximum atomic E-state index is 12.0. The van der Waals surface area contributed by atoms with Gasteiger partial charge in [-0.25, -0.2) is 4.79 Å². The number of hydrogen-bond donors (Lipinski definition) is 0. The fourth-order valence-corrected chi connectivity index (χ4v) is 1.59. The number of carbonyl (C=O) groups is 3. The molecule has 0 heterocycles. The molecular formula is C14H17NaO5. The molecular weight excluding hydrogens is 271 g/mol. The van der Waals surface area contributed by atoms with Crippen LogP contribution in [0.4, 0.5) is 0 Å². The Bertz CT molecular complexity index is 464. The number of hydrogen-bond acceptors (Lipinski definition) is 5. The SMILES string of the molecule is CCOC(=O)C(=O)C(C(=O)OCC)c1ccccc1.[H-].[Na+]. The molecule has 0 fully saturated rings. The Kier molecular flexibility index (Phi) is 9.12. The van der Waals surface area contributed by atoms with Crippen LogP contribution in [0.15, 0.2) is 30.3 Å². The number of rotatable bonds is 6. The molecule has 6 heteroatoms. The normalized spacial score (nSPS) is 10.9. The van der Waals surface area contributed by atoms with E-state index in [1.807, 2.05) is 0 Å². The van der Waals surface area contributed by atoms with Gasteiger partial charge in [-0.2, -0.15) is 0 Å². The van der Waals surface area contributed by atoms with Gasteiger partial charge in [0.05, 0.1) is 13.2 Å². The van der Waals surface area contributed by atoms with Gasteiger partial charge in [-0.15, -0.1) is 0 Å². The van der Waals surface area contributed by atoms with E-state index >= 15 is 0 Å². The second-order valence-electron chi connectivity index (χ2n) is 3.68. The van der Waals surface area contributed by atoms with E-state index in [-0.39, 0.29) is 44.2 Å².